The van der Waals surface area contributed by atoms with Gasteiger partial charge >= 0.3 is 0 Å². The first kappa shape index (κ1) is 17.5. The van der Waals surface area contributed by atoms with E-state index in [1.54, 1.807) is 14.2 Å². The maximum atomic E-state index is 5.06. The molecule has 0 N–H and O–H groups in total. The maximum Gasteiger partial charge on any atom is 0.0701 e. The minimum Gasteiger partial charge on any atom is -0.382 e. The van der Waals surface area contributed by atoms with E-state index < -0.39 is 0 Å². The van der Waals surface area contributed by atoms with Gasteiger partial charge < -0.3 is 14.2 Å². The van der Waals surface area contributed by atoms with Gasteiger partial charge in [-0.1, -0.05) is 0 Å². The van der Waals surface area contributed by atoms with E-state index in [0.717, 1.165) is 0 Å². The van der Waals surface area contributed by atoms with E-state index in [1.807, 2.05) is 0 Å². The van der Waals surface area contributed by atoms with Crippen LogP contribution in [0.3, 0.4) is 0 Å². The molecule has 4 heteroatoms. The molecule has 68 valence electrons. The Morgan fingerprint density at radius 3 is 1.45 bits per heavy atom. The van der Waals surface area contributed by atoms with Gasteiger partial charge in [0.05, 0.1) is 26.4 Å². The molecular weight excluding hydrogens is 188 g/mol. The van der Waals surface area contributed by atoms with Crippen molar-refractivity contribution in [2.24, 2.45) is 0 Å². The third-order valence-corrected chi connectivity index (χ3v) is 0.864. The number of methoxy groups -OCH3 is 2. The fraction of sp³-hybridized carbons (Fsp3) is 0.857. The summed E-state index contributed by atoms with van der Waals surface area (Å²) in [5, 5.41) is 0. The molecule has 0 aromatic rings. The van der Waals surface area contributed by atoms with E-state index in [-0.39, 0.29) is 24.5 Å². The Bertz CT molecular complexity index is 47.0. The Kier molecular flexibility index (Phi) is 26.7. The van der Waals surface area contributed by atoms with Crippen LogP contribution in [-0.4, -0.2) is 40.6 Å². The van der Waals surface area contributed by atoms with Gasteiger partial charge in [0.1, 0.15) is 0 Å². The van der Waals surface area contributed by atoms with E-state index in [0.29, 0.717) is 26.4 Å². The van der Waals surface area contributed by atoms with Gasteiger partial charge in [-0.25, -0.2) is 0 Å². The van der Waals surface area contributed by atoms with Gasteiger partial charge in [0, 0.05) is 38.7 Å². The fourth-order valence-electron chi connectivity index (χ4n) is 0.387. The summed E-state index contributed by atoms with van der Waals surface area (Å²) < 4.78 is 14.6. The molecule has 0 rings (SSSR count). The van der Waals surface area contributed by atoms with Gasteiger partial charge in [0.2, 0.25) is 0 Å². The second-order valence-corrected chi connectivity index (χ2v) is 1.60. The summed E-state index contributed by atoms with van der Waals surface area (Å²) >= 11 is 0. The molecule has 0 heterocycles. The minimum atomic E-state index is 0. The third-order valence-electron chi connectivity index (χ3n) is 0.864. The van der Waals surface area contributed by atoms with Crippen LogP contribution >= 0.6 is 0 Å². The number of hydrogen-bond acceptors (Lipinski definition) is 3. The van der Waals surface area contributed by atoms with Gasteiger partial charge in [0.25, 0.3) is 0 Å². The molecule has 0 saturated heterocycles. The summed E-state index contributed by atoms with van der Waals surface area (Å²) in [6.45, 7) is 2.62. The topological polar surface area (TPSA) is 27.7 Å². The molecule has 0 saturated carbocycles. The zero-order chi connectivity index (χ0) is 6.95. The summed E-state index contributed by atoms with van der Waals surface area (Å²) in [7, 11) is 3.30. The fourth-order valence-corrected chi connectivity index (χ4v) is 0.387. The number of rotatable bonds is 6. The smallest absolute Gasteiger partial charge is 0.0701 e. The zero-order valence-corrected chi connectivity index (χ0v) is 8.01. The molecule has 0 unspecified atom stereocenters. The largest absolute Gasteiger partial charge is 0.382 e. The molecule has 0 bridgehead atoms. The van der Waals surface area contributed by atoms with Crippen LogP contribution in [-0.2, 0) is 31.3 Å². The molecule has 0 aliphatic rings. The van der Waals surface area contributed by atoms with E-state index in [4.69, 9.17) is 14.2 Å². The zero-order valence-electron chi connectivity index (χ0n) is 6.91. The molecule has 0 aliphatic heterocycles. The Morgan fingerprint density at radius 2 is 1.18 bits per heavy atom. The van der Waals surface area contributed by atoms with Crippen molar-refractivity contribution in [3.05, 3.63) is 7.43 Å². The summed E-state index contributed by atoms with van der Waals surface area (Å²) in [5.41, 5.74) is 0. The Balaban J connectivity index is -0.000000320. The quantitative estimate of drug-likeness (QED) is 0.460. The second-order valence-electron chi connectivity index (χ2n) is 1.60. The normalized spacial score (nSPS) is 8.18. The third kappa shape index (κ3) is 17.9. The van der Waals surface area contributed by atoms with Crippen molar-refractivity contribution in [1.29, 1.82) is 0 Å². The standard InChI is InChI=1S/C6H14O3.C.Fe/c1-7-3-5-9-6-4-8-2;;/h3-6H2,1-2H3;;. The first-order valence-electron chi connectivity index (χ1n) is 2.97. The predicted molar refractivity (Wildman–Crippen MR) is 37.8 cm³/mol. The van der Waals surface area contributed by atoms with Crippen LogP contribution < -0.4 is 0 Å². The summed E-state index contributed by atoms with van der Waals surface area (Å²) in [6.07, 6.45) is 0. The van der Waals surface area contributed by atoms with Crippen molar-refractivity contribution < 1.29 is 31.3 Å². The van der Waals surface area contributed by atoms with Gasteiger partial charge in [-0.2, -0.15) is 0 Å². The molecule has 0 aromatic heterocycles. The molecule has 0 amide bonds. The van der Waals surface area contributed by atoms with Crippen LogP contribution in [0.25, 0.3) is 0 Å². The first-order chi connectivity index (χ1) is 4.41. The maximum absolute atomic E-state index is 5.06. The van der Waals surface area contributed by atoms with E-state index in [1.165, 1.54) is 0 Å². The van der Waals surface area contributed by atoms with Crippen LogP contribution in [0.2, 0.25) is 0 Å². The Hall–Kier alpha value is 0.399. The van der Waals surface area contributed by atoms with Crippen molar-refractivity contribution in [2.75, 3.05) is 40.6 Å². The van der Waals surface area contributed by atoms with Crippen molar-refractivity contribution >= 4 is 0 Å². The molecule has 0 aliphatic carbocycles. The van der Waals surface area contributed by atoms with Gasteiger partial charge in [0.15, 0.2) is 0 Å². The average Bonchev–Trinajstić information content (AvgIpc) is 1.89. The van der Waals surface area contributed by atoms with Crippen LogP contribution in [0.4, 0.5) is 0 Å². The van der Waals surface area contributed by atoms with Crippen LogP contribution in [0.15, 0.2) is 0 Å². The molecule has 0 spiro atoms. The average molecular weight is 202 g/mol. The molecule has 0 atom stereocenters. The SMILES string of the molecule is COCCOCCOC.[C].[Fe]. The summed E-state index contributed by atoms with van der Waals surface area (Å²) in [4.78, 5) is 0. The van der Waals surface area contributed by atoms with Crippen molar-refractivity contribution in [1.82, 2.24) is 0 Å². The Labute approximate surface area is 79.9 Å². The summed E-state index contributed by atoms with van der Waals surface area (Å²) in [5.74, 6) is 0. The van der Waals surface area contributed by atoms with Gasteiger partial charge in [-0.3, -0.25) is 0 Å². The molecular formula is C7H14FeO3. The molecule has 0 fully saturated rings. The van der Waals surface area contributed by atoms with Crippen LogP contribution in [0, 0.1) is 7.43 Å². The van der Waals surface area contributed by atoms with Crippen LogP contribution in [0.1, 0.15) is 0 Å². The van der Waals surface area contributed by atoms with Crippen molar-refractivity contribution in [3.63, 3.8) is 0 Å². The minimum absolute atomic E-state index is 0. The molecule has 3 nitrogen and oxygen atoms in total. The van der Waals surface area contributed by atoms with E-state index in [2.05, 4.69) is 0 Å². The van der Waals surface area contributed by atoms with Crippen LogP contribution in [0.5, 0.6) is 0 Å². The molecule has 4 radical (unpaired) electrons. The predicted octanol–water partition coefficient (Wildman–Crippen LogP) is 0.375. The second kappa shape index (κ2) is 16.8. The summed E-state index contributed by atoms with van der Waals surface area (Å²) in [6, 6.07) is 0. The van der Waals surface area contributed by atoms with E-state index in [9.17, 15) is 0 Å². The molecule has 11 heavy (non-hydrogen) atoms. The Morgan fingerprint density at radius 1 is 0.818 bits per heavy atom. The van der Waals surface area contributed by atoms with Gasteiger partial charge in [-0.15, -0.1) is 0 Å². The molecule has 0 aromatic carbocycles. The number of ether oxygens (including phenoxy) is 3. The first-order valence-corrected chi connectivity index (χ1v) is 2.97. The number of hydrogen-bond donors (Lipinski definition) is 0. The van der Waals surface area contributed by atoms with Gasteiger partial charge in [-0.05, 0) is 0 Å². The van der Waals surface area contributed by atoms with Crippen molar-refractivity contribution in [3.8, 4) is 0 Å². The monoisotopic (exact) mass is 202 g/mol. The van der Waals surface area contributed by atoms with Crippen molar-refractivity contribution in [2.45, 2.75) is 0 Å². The van der Waals surface area contributed by atoms with E-state index >= 15 is 0 Å².